The van der Waals surface area contributed by atoms with Crippen molar-refractivity contribution in [1.82, 2.24) is 4.57 Å². The molecule has 0 spiro atoms. The Hall–Kier alpha value is -2.61. The molecule has 8 heteroatoms. The first-order valence-corrected chi connectivity index (χ1v) is 9.52. The van der Waals surface area contributed by atoms with Crippen molar-refractivity contribution in [2.24, 2.45) is 11.7 Å². The Labute approximate surface area is 161 Å². The highest BCUT2D eigenvalue weighted by atomic mass is 19.1. The molecule has 1 aromatic heterocycles. The number of rotatable bonds is 4. The van der Waals surface area contributed by atoms with Gasteiger partial charge in [-0.1, -0.05) is 6.92 Å². The fourth-order valence-corrected chi connectivity index (χ4v) is 4.09. The lowest BCUT2D eigenvalue weighted by Crippen LogP contribution is -2.46. The molecular weight excluding hydrogens is 365 g/mol. The number of pyridine rings is 1. The van der Waals surface area contributed by atoms with Gasteiger partial charge in [0, 0.05) is 31.4 Å². The normalized spacial score (nSPS) is 22.5. The minimum Gasteiger partial charge on any atom is -0.492 e. The molecule has 0 radical (unpaired) electrons. The number of carboxylic acid groups (broad SMARTS) is 1. The summed E-state index contributed by atoms with van der Waals surface area (Å²) in [6.45, 7) is 3.20. The molecule has 28 heavy (non-hydrogen) atoms. The molecule has 0 amide bonds. The minimum atomic E-state index is -1.32. The predicted octanol–water partition coefficient (Wildman–Crippen LogP) is 2.36. The van der Waals surface area contributed by atoms with Gasteiger partial charge in [0.25, 0.3) is 0 Å². The second-order valence-corrected chi connectivity index (χ2v) is 7.83. The van der Waals surface area contributed by atoms with Crippen LogP contribution < -0.4 is 20.8 Å². The maximum atomic E-state index is 15.2. The molecule has 0 bridgehead atoms. The first kappa shape index (κ1) is 18.7. The van der Waals surface area contributed by atoms with E-state index in [0.29, 0.717) is 24.3 Å². The van der Waals surface area contributed by atoms with Crippen LogP contribution in [0, 0.1) is 11.7 Å². The summed E-state index contributed by atoms with van der Waals surface area (Å²) in [5.41, 5.74) is 5.82. The number of aromatic nitrogens is 1. The number of fused-ring (bicyclic) bond motifs is 1. The minimum absolute atomic E-state index is 0.0339. The topological polar surface area (TPSA) is 97.8 Å². The second-order valence-electron chi connectivity index (χ2n) is 7.83. The van der Waals surface area contributed by atoms with Crippen molar-refractivity contribution in [1.29, 1.82) is 0 Å². The van der Waals surface area contributed by atoms with Gasteiger partial charge in [0.2, 0.25) is 5.43 Å². The molecule has 2 atom stereocenters. The van der Waals surface area contributed by atoms with Crippen LogP contribution in [-0.2, 0) is 0 Å². The summed E-state index contributed by atoms with van der Waals surface area (Å²) in [6, 6.07) is 1.30. The third-order valence-corrected chi connectivity index (χ3v) is 5.86. The lowest BCUT2D eigenvalue weighted by Gasteiger charge is -2.37. The molecule has 2 aromatic rings. The van der Waals surface area contributed by atoms with Gasteiger partial charge in [0.15, 0.2) is 11.6 Å². The number of aromatic carboxylic acids is 1. The molecule has 2 fully saturated rings. The van der Waals surface area contributed by atoms with Crippen LogP contribution in [0.15, 0.2) is 17.1 Å². The molecule has 1 saturated heterocycles. The number of anilines is 1. The van der Waals surface area contributed by atoms with Gasteiger partial charge in [-0.25, -0.2) is 9.18 Å². The monoisotopic (exact) mass is 389 g/mol. The van der Waals surface area contributed by atoms with Gasteiger partial charge >= 0.3 is 5.97 Å². The van der Waals surface area contributed by atoms with Crippen LogP contribution in [0.25, 0.3) is 10.9 Å². The molecule has 1 aliphatic carbocycles. The Morgan fingerprint density at radius 2 is 2.07 bits per heavy atom. The molecule has 0 unspecified atom stereocenters. The number of methoxy groups -OCH3 is 1. The van der Waals surface area contributed by atoms with Crippen LogP contribution in [0.3, 0.4) is 0 Å². The zero-order chi connectivity index (χ0) is 20.2. The Balaban J connectivity index is 1.99. The first-order valence-electron chi connectivity index (χ1n) is 9.52. The van der Waals surface area contributed by atoms with Crippen molar-refractivity contribution in [2.45, 2.75) is 38.3 Å². The van der Waals surface area contributed by atoms with Crippen molar-refractivity contribution in [3.8, 4) is 5.75 Å². The number of hydrogen-bond donors (Lipinski definition) is 2. The third-order valence-electron chi connectivity index (χ3n) is 5.86. The van der Waals surface area contributed by atoms with Gasteiger partial charge in [-0.3, -0.25) is 4.79 Å². The molecule has 7 nitrogen and oxygen atoms in total. The number of nitrogens with zero attached hydrogens (tertiary/aromatic N) is 2. The SMILES string of the molecule is COc1c(N2CC[C@@H](N)[C@H](C)C2)c(F)cc2c(=O)c(C(=O)O)cn(C3CC3)c12. The Morgan fingerprint density at radius 1 is 1.36 bits per heavy atom. The largest absolute Gasteiger partial charge is 0.492 e. The van der Waals surface area contributed by atoms with Gasteiger partial charge in [-0.05, 0) is 31.2 Å². The van der Waals surface area contributed by atoms with E-state index >= 15 is 4.39 Å². The van der Waals surface area contributed by atoms with Crippen molar-refractivity contribution in [3.05, 3.63) is 33.9 Å². The maximum Gasteiger partial charge on any atom is 0.341 e. The molecule has 1 aliphatic heterocycles. The Kier molecular flexibility index (Phi) is 4.53. The van der Waals surface area contributed by atoms with E-state index in [1.165, 1.54) is 13.3 Å². The molecule has 3 N–H and O–H groups in total. The van der Waals surface area contributed by atoms with Crippen molar-refractivity contribution < 1.29 is 19.0 Å². The number of nitrogens with two attached hydrogens (primary N) is 1. The van der Waals surface area contributed by atoms with E-state index in [9.17, 15) is 14.7 Å². The van der Waals surface area contributed by atoms with Gasteiger partial charge in [0.05, 0.1) is 18.0 Å². The lowest BCUT2D eigenvalue weighted by molar-refractivity contribution is 0.0695. The quantitative estimate of drug-likeness (QED) is 0.833. The molecule has 150 valence electrons. The van der Waals surface area contributed by atoms with E-state index in [1.807, 2.05) is 11.8 Å². The van der Waals surface area contributed by atoms with E-state index in [2.05, 4.69) is 0 Å². The number of benzene rings is 1. The van der Waals surface area contributed by atoms with Crippen LogP contribution in [0.5, 0.6) is 5.75 Å². The van der Waals surface area contributed by atoms with Crippen LogP contribution in [0.2, 0.25) is 0 Å². The van der Waals surface area contributed by atoms with Gasteiger partial charge in [0.1, 0.15) is 11.3 Å². The van der Waals surface area contributed by atoms with Crippen LogP contribution >= 0.6 is 0 Å². The highest BCUT2D eigenvalue weighted by molar-refractivity contribution is 5.97. The molecule has 4 rings (SSSR count). The van der Waals surface area contributed by atoms with Gasteiger partial charge in [-0.2, -0.15) is 0 Å². The smallest absolute Gasteiger partial charge is 0.341 e. The fourth-order valence-electron chi connectivity index (χ4n) is 4.09. The van der Waals surface area contributed by atoms with E-state index in [4.69, 9.17) is 10.5 Å². The van der Waals surface area contributed by atoms with Crippen molar-refractivity contribution >= 4 is 22.6 Å². The molecular formula is C20H24FN3O4. The average molecular weight is 389 g/mol. The number of ether oxygens (including phenoxy) is 1. The summed E-state index contributed by atoms with van der Waals surface area (Å²) in [7, 11) is 1.45. The lowest BCUT2D eigenvalue weighted by atomic mass is 9.94. The predicted molar refractivity (Wildman–Crippen MR) is 104 cm³/mol. The summed E-state index contributed by atoms with van der Waals surface area (Å²) in [5.74, 6) is -1.44. The number of hydrogen-bond acceptors (Lipinski definition) is 5. The van der Waals surface area contributed by atoms with Crippen LogP contribution in [-0.4, -0.2) is 41.9 Å². The first-order chi connectivity index (χ1) is 13.3. The average Bonchev–Trinajstić information content (AvgIpc) is 3.48. The summed E-state index contributed by atoms with van der Waals surface area (Å²) in [4.78, 5) is 26.2. The summed E-state index contributed by atoms with van der Waals surface area (Å²) in [6.07, 6.45) is 3.85. The highest BCUT2D eigenvalue weighted by Gasteiger charge is 2.33. The summed E-state index contributed by atoms with van der Waals surface area (Å²) in [5, 5.41) is 9.44. The third kappa shape index (κ3) is 2.92. The number of piperidine rings is 1. The molecule has 2 heterocycles. The van der Waals surface area contributed by atoms with E-state index < -0.39 is 17.2 Å². The molecule has 2 aliphatic rings. The second kappa shape index (κ2) is 6.77. The zero-order valence-corrected chi connectivity index (χ0v) is 15.9. The highest BCUT2D eigenvalue weighted by Crippen LogP contribution is 2.44. The van der Waals surface area contributed by atoms with Crippen LogP contribution in [0.1, 0.15) is 42.6 Å². The van der Waals surface area contributed by atoms with Crippen molar-refractivity contribution in [3.63, 3.8) is 0 Å². The van der Waals surface area contributed by atoms with E-state index in [1.54, 1.807) is 4.57 Å². The van der Waals surface area contributed by atoms with Gasteiger partial charge in [-0.15, -0.1) is 0 Å². The van der Waals surface area contributed by atoms with Crippen molar-refractivity contribution in [2.75, 3.05) is 25.1 Å². The molecule has 1 saturated carbocycles. The fraction of sp³-hybridized carbons (Fsp3) is 0.500. The number of halogens is 1. The van der Waals surface area contributed by atoms with E-state index in [0.717, 1.165) is 25.3 Å². The summed E-state index contributed by atoms with van der Waals surface area (Å²) < 4.78 is 22.6. The Morgan fingerprint density at radius 3 is 2.64 bits per heavy atom. The number of carbonyl (C=O) groups is 1. The van der Waals surface area contributed by atoms with Crippen LogP contribution in [0.4, 0.5) is 10.1 Å². The maximum absolute atomic E-state index is 15.2. The Bertz CT molecular complexity index is 1010. The van der Waals surface area contributed by atoms with Gasteiger partial charge < -0.3 is 25.0 Å². The zero-order valence-electron chi connectivity index (χ0n) is 15.9. The van der Waals surface area contributed by atoms with E-state index in [-0.39, 0.29) is 34.7 Å². The summed E-state index contributed by atoms with van der Waals surface area (Å²) >= 11 is 0. The molecule has 1 aromatic carbocycles. The number of carboxylic acids is 1. The standard InChI is InChI=1S/C20H24FN3O4/c1-10-8-23(6-5-15(10)22)17-14(21)7-12-16(19(17)28-2)24(11-3-4-11)9-13(18(12)25)20(26)27/h7,9-11,15H,3-6,8,22H2,1-2H3,(H,26,27)/t10-,15-/m1/s1.